The normalized spacial score (nSPS) is 14.4. The van der Waals surface area contributed by atoms with Crippen LogP contribution in [0.5, 0.6) is 0 Å². The largest absolute Gasteiger partial charge is 0.311 e. The van der Waals surface area contributed by atoms with Crippen molar-refractivity contribution in [2.75, 3.05) is 0 Å². The molecule has 0 amide bonds. The lowest BCUT2D eigenvalue weighted by Crippen LogP contribution is -2.35. The highest BCUT2D eigenvalue weighted by Crippen LogP contribution is 2.12. The number of hydrogen-bond acceptors (Lipinski definition) is 1. The average Bonchev–Trinajstić information content (AvgIpc) is 2.21. The monoisotopic (exact) mass is 281 g/mol. The first kappa shape index (κ1) is 13.5. The number of nitrogens with one attached hydrogen (secondary N) is 1. The maximum Gasteiger partial charge on any atom is 0.0175 e. The summed E-state index contributed by atoms with van der Waals surface area (Å²) in [4.78, 5) is 0. The molecule has 1 N–H and O–H groups in total. The number of benzene rings is 1. The van der Waals surface area contributed by atoms with E-state index in [9.17, 15) is 0 Å². The molecular formula is C14H20BrN. The van der Waals surface area contributed by atoms with Crippen LogP contribution in [0.2, 0.25) is 0 Å². The van der Waals surface area contributed by atoms with Gasteiger partial charge in [0.1, 0.15) is 0 Å². The molecule has 0 fully saturated rings. The molecule has 16 heavy (non-hydrogen) atoms. The zero-order chi connectivity index (χ0) is 12.0. The molecule has 1 aromatic rings. The predicted octanol–water partition coefficient (Wildman–Crippen LogP) is 3.93. The molecule has 0 aliphatic carbocycles. The standard InChI is InChI=1S/C14H20BrN/c1-4-5-11(2)16-12(3)10-13-6-8-14(15)9-7-13/h4,6-9,11-12,16H,1,5,10H2,2-3H3. The van der Waals surface area contributed by atoms with Crippen LogP contribution in [0.4, 0.5) is 0 Å². The molecule has 0 bridgehead atoms. The second-order valence-corrected chi connectivity index (χ2v) is 5.24. The quantitative estimate of drug-likeness (QED) is 0.779. The topological polar surface area (TPSA) is 12.0 Å². The lowest BCUT2D eigenvalue weighted by atomic mass is 10.1. The summed E-state index contributed by atoms with van der Waals surface area (Å²) >= 11 is 3.45. The molecule has 2 heteroatoms. The van der Waals surface area contributed by atoms with Crippen LogP contribution in [-0.2, 0) is 6.42 Å². The summed E-state index contributed by atoms with van der Waals surface area (Å²) in [6.45, 7) is 8.17. The maximum atomic E-state index is 3.76. The van der Waals surface area contributed by atoms with E-state index >= 15 is 0 Å². The second-order valence-electron chi connectivity index (χ2n) is 4.32. The van der Waals surface area contributed by atoms with Crippen molar-refractivity contribution in [2.45, 2.75) is 38.8 Å². The molecule has 1 nitrogen and oxygen atoms in total. The molecule has 0 saturated carbocycles. The highest BCUT2D eigenvalue weighted by molar-refractivity contribution is 9.10. The van der Waals surface area contributed by atoms with Crippen LogP contribution in [-0.4, -0.2) is 12.1 Å². The van der Waals surface area contributed by atoms with Gasteiger partial charge in [-0.25, -0.2) is 0 Å². The average molecular weight is 282 g/mol. The SMILES string of the molecule is C=CCC(C)NC(C)Cc1ccc(Br)cc1. The second kappa shape index (κ2) is 6.87. The van der Waals surface area contributed by atoms with Crippen molar-refractivity contribution in [3.8, 4) is 0 Å². The van der Waals surface area contributed by atoms with E-state index in [1.54, 1.807) is 0 Å². The molecule has 0 heterocycles. The van der Waals surface area contributed by atoms with E-state index in [2.05, 4.69) is 65.9 Å². The van der Waals surface area contributed by atoms with Gasteiger partial charge in [-0.05, 0) is 44.4 Å². The molecule has 88 valence electrons. The Morgan fingerprint density at radius 3 is 2.44 bits per heavy atom. The molecule has 2 unspecified atom stereocenters. The molecule has 0 aliphatic rings. The van der Waals surface area contributed by atoms with Crippen LogP contribution >= 0.6 is 15.9 Å². The summed E-state index contributed by atoms with van der Waals surface area (Å²) in [5.41, 5.74) is 1.37. The van der Waals surface area contributed by atoms with Crippen LogP contribution < -0.4 is 5.32 Å². The van der Waals surface area contributed by atoms with Crippen molar-refractivity contribution in [1.29, 1.82) is 0 Å². The summed E-state index contributed by atoms with van der Waals surface area (Å²) in [6.07, 6.45) is 4.05. The molecule has 2 atom stereocenters. The van der Waals surface area contributed by atoms with Gasteiger partial charge in [0.15, 0.2) is 0 Å². The van der Waals surface area contributed by atoms with Gasteiger partial charge < -0.3 is 5.32 Å². The van der Waals surface area contributed by atoms with E-state index in [0.717, 1.165) is 17.3 Å². The Balaban J connectivity index is 2.41. The minimum atomic E-state index is 0.496. The first-order chi connectivity index (χ1) is 7.61. The minimum Gasteiger partial charge on any atom is -0.311 e. The highest BCUT2D eigenvalue weighted by Gasteiger charge is 2.06. The number of halogens is 1. The molecule has 0 aromatic heterocycles. The van der Waals surface area contributed by atoms with Crippen LogP contribution in [0.25, 0.3) is 0 Å². The fourth-order valence-electron chi connectivity index (χ4n) is 1.84. The van der Waals surface area contributed by atoms with Gasteiger partial charge in [0, 0.05) is 16.6 Å². The molecule has 0 aliphatic heterocycles. The molecule has 0 radical (unpaired) electrons. The summed E-state index contributed by atoms with van der Waals surface area (Å²) in [7, 11) is 0. The Morgan fingerprint density at radius 2 is 1.88 bits per heavy atom. The van der Waals surface area contributed by atoms with Crippen molar-refractivity contribution in [3.63, 3.8) is 0 Å². The van der Waals surface area contributed by atoms with Crippen LogP contribution in [0.15, 0.2) is 41.4 Å². The van der Waals surface area contributed by atoms with Crippen molar-refractivity contribution in [3.05, 3.63) is 47.0 Å². The van der Waals surface area contributed by atoms with Gasteiger partial charge in [-0.15, -0.1) is 6.58 Å². The first-order valence-electron chi connectivity index (χ1n) is 5.73. The van der Waals surface area contributed by atoms with Gasteiger partial charge in [0.2, 0.25) is 0 Å². The van der Waals surface area contributed by atoms with Crippen LogP contribution in [0, 0.1) is 0 Å². The maximum absolute atomic E-state index is 3.76. The summed E-state index contributed by atoms with van der Waals surface area (Å²) in [5.74, 6) is 0. The van der Waals surface area contributed by atoms with Crippen LogP contribution in [0.3, 0.4) is 0 Å². The smallest absolute Gasteiger partial charge is 0.0175 e. The van der Waals surface area contributed by atoms with E-state index in [1.165, 1.54) is 5.56 Å². The Labute approximate surface area is 107 Å². The van der Waals surface area contributed by atoms with Gasteiger partial charge in [-0.3, -0.25) is 0 Å². The zero-order valence-corrected chi connectivity index (χ0v) is 11.6. The van der Waals surface area contributed by atoms with E-state index < -0.39 is 0 Å². The Bertz CT molecular complexity index is 318. The fraction of sp³-hybridized carbons (Fsp3) is 0.429. The lowest BCUT2D eigenvalue weighted by Gasteiger charge is -2.19. The Kier molecular flexibility index (Phi) is 5.78. The number of hydrogen-bond donors (Lipinski definition) is 1. The highest BCUT2D eigenvalue weighted by atomic mass is 79.9. The predicted molar refractivity (Wildman–Crippen MR) is 74.7 cm³/mol. The number of rotatable bonds is 6. The summed E-state index contributed by atoms with van der Waals surface area (Å²) < 4.78 is 1.14. The van der Waals surface area contributed by atoms with E-state index in [0.29, 0.717) is 12.1 Å². The molecule has 0 spiro atoms. The van der Waals surface area contributed by atoms with E-state index in [-0.39, 0.29) is 0 Å². The van der Waals surface area contributed by atoms with Gasteiger partial charge >= 0.3 is 0 Å². The third kappa shape index (κ3) is 4.95. The summed E-state index contributed by atoms with van der Waals surface area (Å²) in [6, 6.07) is 9.52. The molecule has 1 aromatic carbocycles. The van der Waals surface area contributed by atoms with Crippen LogP contribution in [0.1, 0.15) is 25.8 Å². The van der Waals surface area contributed by atoms with Crippen molar-refractivity contribution in [2.24, 2.45) is 0 Å². The minimum absolute atomic E-state index is 0.496. The first-order valence-corrected chi connectivity index (χ1v) is 6.52. The molecule has 0 saturated heterocycles. The van der Waals surface area contributed by atoms with Gasteiger partial charge in [0.25, 0.3) is 0 Å². The van der Waals surface area contributed by atoms with Gasteiger partial charge in [-0.2, -0.15) is 0 Å². The van der Waals surface area contributed by atoms with Crippen molar-refractivity contribution in [1.82, 2.24) is 5.32 Å². The van der Waals surface area contributed by atoms with E-state index in [4.69, 9.17) is 0 Å². The third-order valence-electron chi connectivity index (χ3n) is 2.54. The molecular weight excluding hydrogens is 262 g/mol. The third-order valence-corrected chi connectivity index (χ3v) is 3.07. The van der Waals surface area contributed by atoms with Gasteiger partial charge in [0.05, 0.1) is 0 Å². The molecule has 1 rings (SSSR count). The van der Waals surface area contributed by atoms with Gasteiger partial charge in [-0.1, -0.05) is 34.1 Å². The summed E-state index contributed by atoms with van der Waals surface area (Å²) in [5, 5.41) is 3.56. The van der Waals surface area contributed by atoms with E-state index in [1.807, 2.05) is 6.08 Å². The zero-order valence-electron chi connectivity index (χ0n) is 10.0. The Hall–Kier alpha value is -0.600. The fourth-order valence-corrected chi connectivity index (χ4v) is 2.10. The van der Waals surface area contributed by atoms with Crippen molar-refractivity contribution < 1.29 is 0 Å². The lowest BCUT2D eigenvalue weighted by molar-refractivity contribution is 0.467. The van der Waals surface area contributed by atoms with Crippen molar-refractivity contribution >= 4 is 15.9 Å². The Morgan fingerprint density at radius 1 is 1.25 bits per heavy atom.